The average molecular weight is 135 g/mol. The fraction of sp³-hybridized carbons (Fsp3) is 0. The second-order valence-corrected chi connectivity index (χ2v) is 1.24. The van der Waals surface area contributed by atoms with Crippen molar-refractivity contribution in [3.05, 3.63) is 34.7 Å². The Morgan fingerprint density at radius 2 is 1.88 bits per heavy atom. The van der Waals surface area contributed by atoms with Gasteiger partial charge in [0.15, 0.2) is 5.43 Å². The summed E-state index contributed by atoms with van der Waals surface area (Å²) in [7, 11) is 0. The van der Waals surface area contributed by atoms with Gasteiger partial charge in [-0.3, -0.25) is 4.79 Å². The van der Waals surface area contributed by atoms with E-state index in [0.717, 1.165) is 0 Å². The Bertz CT molecular complexity index is 183. The van der Waals surface area contributed by atoms with Crippen LogP contribution in [0.1, 0.15) is 1.43 Å². The molecule has 0 spiro atoms. The van der Waals surface area contributed by atoms with Gasteiger partial charge < -0.3 is 6.41 Å². The van der Waals surface area contributed by atoms with Crippen molar-refractivity contribution in [3.8, 4) is 0 Å². The molecule has 0 saturated carbocycles. The van der Waals surface area contributed by atoms with Crippen molar-refractivity contribution in [1.82, 2.24) is 4.98 Å². The summed E-state index contributed by atoms with van der Waals surface area (Å²) >= 11 is 0. The van der Waals surface area contributed by atoms with Crippen molar-refractivity contribution < 1.29 is 52.8 Å². The van der Waals surface area contributed by atoms with Gasteiger partial charge in [0.1, 0.15) is 0 Å². The normalized spacial score (nSPS) is 7.50. The Morgan fingerprint density at radius 1 is 1.38 bits per heavy atom. The molecular formula is C5H6KNO. The second-order valence-electron chi connectivity index (χ2n) is 1.24. The molecule has 2 nitrogen and oxygen atoms in total. The predicted molar refractivity (Wildman–Crippen MR) is 28.2 cm³/mol. The van der Waals surface area contributed by atoms with Crippen LogP contribution in [0.3, 0.4) is 0 Å². The molecule has 0 bridgehead atoms. The van der Waals surface area contributed by atoms with E-state index in [0.29, 0.717) is 0 Å². The topological polar surface area (TPSA) is 32.9 Å². The van der Waals surface area contributed by atoms with Crippen LogP contribution in [-0.2, 0) is 0 Å². The van der Waals surface area contributed by atoms with Gasteiger partial charge in [0.2, 0.25) is 0 Å². The Kier molecular flexibility index (Phi) is 4.79. The van der Waals surface area contributed by atoms with Crippen molar-refractivity contribution in [2.24, 2.45) is 0 Å². The smallest absolute Gasteiger partial charge is 1.00 e. The molecule has 0 aliphatic carbocycles. The van der Waals surface area contributed by atoms with Gasteiger partial charge in [-0.15, -0.1) is 0 Å². The summed E-state index contributed by atoms with van der Waals surface area (Å²) in [5, 5.41) is 0. The fourth-order valence-corrected chi connectivity index (χ4v) is 0.372. The monoisotopic (exact) mass is 135 g/mol. The number of nitrogens with one attached hydrogen (secondary N) is 1. The van der Waals surface area contributed by atoms with Gasteiger partial charge in [0.05, 0.1) is 0 Å². The summed E-state index contributed by atoms with van der Waals surface area (Å²) in [5.41, 5.74) is 0.0405. The number of aromatic nitrogens is 1. The first-order chi connectivity index (χ1) is 3.39. The van der Waals surface area contributed by atoms with E-state index >= 15 is 0 Å². The van der Waals surface area contributed by atoms with Crippen molar-refractivity contribution in [2.75, 3.05) is 0 Å². The van der Waals surface area contributed by atoms with E-state index in [2.05, 4.69) is 4.98 Å². The summed E-state index contributed by atoms with van der Waals surface area (Å²) in [6.45, 7) is 0. The van der Waals surface area contributed by atoms with Gasteiger partial charge in [0, 0.05) is 24.5 Å². The largest absolute Gasteiger partial charge is 1.00 e. The number of H-pyrrole nitrogens is 1. The van der Waals surface area contributed by atoms with E-state index in [1.54, 1.807) is 12.4 Å². The zero-order valence-corrected chi connectivity index (χ0v) is 7.84. The minimum atomic E-state index is 0. The zero-order valence-electron chi connectivity index (χ0n) is 5.72. The molecule has 1 aromatic heterocycles. The molecule has 1 rings (SSSR count). The van der Waals surface area contributed by atoms with Gasteiger partial charge in [0.25, 0.3) is 0 Å². The second kappa shape index (κ2) is 4.46. The summed E-state index contributed by atoms with van der Waals surface area (Å²) in [4.78, 5) is 13.0. The molecule has 0 amide bonds. The molecule has 0 aliphatic heterocycles. The molecule has 0 aromatic carbocycles. The molecule has 8 heavy (non-hydrogen) atoms. The Morgan fingerprint density at radius 3 is 2.12 bits per heavy atom. The van der Waals surface area contributed by atoms with Gasteiger partial charge >= 0.3 is 51.4 Å². The van der Waals surface area contributed by atoms with Gasteiger partial charge in [-0.1, -0.05) is 0 Å². The fourth-order valence-electron chi connectivity index (χ4n) is 0.372. The third kappa shape index (κ3) is 2.79. The third-order valence-electron chi connectivity index (χ3n) is 0.688. The number of pyridine rings is 1. The van der Waals surface area contributed by atoms with E-state index in [9.17, 15) is 4.79 Å². The van der Waals surface area contributed by atoms with Crippen molar-refractivity contribution in [2.45, 2.75) is 0 Å². The minimum Gasteiger partial charge on any atom is -1.00 e. The average Bonchev–Trinajstić information content (AvgIpc) is 1.69. The van der Waals surface area contributed by atoms with Gasteiger partial charge in [-0.05, 0) is 0 Å². The molecule has 1 N–H and O–H groups in total. The van der Waals surface area contributed by atoms with Crippen LogP contribution in [0.5, 0.6) is 0 Å². The van der Waals surface area contributed by atoms with Crippen molar-refractivity contribution in [3.63, 3.8) is 0 Å². The standard InChI is InChI=1S/C5H5NO.K.H/c7-5-1-3-6-4-2-5;;/h1-4H,(H,6,7);;/q;+1;-1. The van der Waals surface area contributed by atoms with Crippen LogP contribution < -0.4 is 56.8 Å². The van der Waals surface area contributed by atoms with Crippen LogP contribution in [0.2, 0.25) is 0 Å². The molecule has 0 atom stereocenters. The molecule has 0 saturated heterocycles. The van der Waals surface area contributed by atoms with Crippen LogP contribution in [0.4, 0.5) is 0 Å². The number of rotatable bonds is 0. The van der Waals surface area contributed by atoms with E-state index in [4.69, 9.17) is 0 Å². The quantitative estimate of drug-likeness (QED) is 0.392. The molecule has 0 unspecified atom stereocenters. The van der Waals surface area contributed by atoms with E-state index in [-0.39, 0.29) is 58.2 Å². The molecule has 1 heterocycles. The summed E-state index contributed by atoms with van der Waals surface area (Å²) in [5.74, 6) is 0. The summed E-state index contributed by atoms with van der Waals surface area (Å²) < 4.78 is 0. The van der Waals surface area contributed by atoms with Crippen molar-refractivity contribution >= 4 is 0 Å². The van der Waals surface area contributed by atoms with E-state index < -0.39 is 0 Å². The van der Waals surface area contributed by atoms with Crippen molar-refractivity contribution in [1.29, 1.82) is 0 Å². The first-order valence-electron chi connectivity index (χ1n) is 2.03. The maximum Gasteiger partial charge on any atom is 1.00 e. The van der Waals surface area contributed by atoms with Crippen LogP contribution in [0.15, 0.2) is 29.3 Å². The SMILES string of the molecule is O=c1cc[nH]cc1.[H-].[K+]. The number of aromatic amines is 1. The molecule has 1 aromatic rings. The van der Waals surface area contributed by atoms with E-state index in [1.807, 2.05) is 0 Å². The molecule has 3 heteroatoms. The van der Waals surface area contributed by atoms with Crippen LogP contribution in [0.25, 0.3) is 0 Å². The first-order valence-corrected chi connectivity index (χ1v) is 2.03. The zero-order chi connectivity index (χ0) is 5.11. The predicted octanol–water partition coefficient (Wildman–Crippen LogP) is -2.51. The minimum absolute atomic E-state index is 0. The molecule has 38 valence electrons. The molecule has 0 radical (unpaired) electrons. The van der Waals surface area contributed by atoms with Crippen LogP contribution >= 0.6 is 0 Å². The summed E-state index contributed by atoms with van der Waals surface area (Å²) in [6.07, 6.45) is 3.20. The summed E-state index contributed by atoms with van der Waals surface area (Å²) in [6, 6.07) is 2.94. The van der Waals surface area contributed by atoms with Gasteiger partial charge in [-0.2, -0.15) is 0 Å². The Balaban J connectivity index is 0. The van der Waals surface area contributed by atoms with Crippen LogP contribution in [-0.4, -0.2) is 4.98 Å². The maximum absolute atomic E-state index is 10.2. The molecular weight excluding hydrogens is 129 g/mol. The Labute approximate surface area is 91.2 Å². The third-order valence-corrected chi connectivity index (χ3v) is 0.688. The van der Waals surface area contributed by atoms with Crippen LogP contribution in [0, 0.1) is 0 Å². The molecule has 0 fully saturated rings. The number of hydrogen-bond donors (Lipinski definition) is 1. The molecule has 0 aliphatic rings. The Hall–Kier alpha value is 0.586. The number of hydrogen-bond acceptors (Lipinski definition) is 1. The maximum atomic E-state index is 10.2. The van der Waals surface area contributed by atoms with Gasteiger partial charge in [-0.25, -0.2) is 0 Å². The first kappa shape index (κ1) is 8.59. The van der Waals surface area contributed by atoms with E-state index in [1.165, 1.54) is 12.1 Å².